The number of rotatable bonds is 5. The van der Waals surface area contributed by atoms with Crippen molar-refractivity contribution in [3.05, 3.63) is 0 Å². The van der Waals surface area contributed by atoms with Gasteiger partial charge in [0.2, 0.25) is 5.91 Å². The van der Waals surface area contributed by atoms with Crippen molar-refractivity contribution in [3.63, 3.8) is 0 Å². The molecule has 0 aromatic rings. The maximum absolute atomic E-state index is 12.0. The van der Waals surface area contributed by atoms with Crippen LogP contribution in [0.5, 0.6) is 0 Å². The molecule has 5 heteroatoms. The molecule has 1 heterocycles. The first-order valence-corrected chi connectivity index (χ1v) is 6.30. The third-order valence-electron chi connectivity index (χ3n) is 2.92. The molecule has 2 atom stereocenters. The molecule has 1 fully saturated rings. The van der Waals surface area contributed by atoms with Gasteiger partial charge in [-0.15, -0.1) is 0 Å². The molecule has 1 aliphatic heterocycles. The Kier molecular flexibility index (Phi) is 5.88. The summed E-state index contributed by atoms with van der Waals surface area (Å²) in [5.74, 6) is 0.132. The standard InChI is InChI=1S/C12H24N2O3/c1-9(2)13-5-4-12(16)14-6-11(7-15)17-8-10(14)3/h9-11,13,15H,4-8H2,1-3H3. The maximum atomic E-state index is 12.0. The van der Waals surface area contributed by atoms with Gasteiger partial charge >= 0.3 is 0 Å². The topological polar surface area (TPSA) is 61.8 Å². The van der Waals surface area contributed by atoms with E-state index in [0.717, 1.165) is 0 Å². The minimum absolute atomic E-state index is 0.0270. The van der Waals surface area contributed by atoms with Crippen LogP contribution in [0.1, 0.15) is 27.2 Å². The van der Waals surface area contributed by atoms with Crippen LogP contribution in [-0.4, -0.2) is 60.4 Å². The van der Waals surface area contributed by atoms with E-state index in [9.17, 15) is 4.79 Å². The van der Waals surface area contributed by atoms with Gasteiger partial charge in [-0.2, -0.15) is 0 Å². The number of nitrogens with one attached hydrogen (secondary N) is 1. The molecule has 0 aromatic heterocycles. The van der Waals surface area contributed by atoms with Gasteiger partial charge < -0.3 is 20.1 Å². The first kappa shape index (κ1) is 14.4. The quantitative estimate of drug-likeness (QED) is 0.713. The van der Waals surface area contributed by atoms with Crippen LogP contribution in [0, 0.1) is 0 Å². The molecule has 1 saturated heterocycles. The van der Waals surface area contributed by atoms with Gasteiger partial charge in [0, 0.05) is 25.6 Å². The lowest BCUT2D eigenvalue weighted by Crippen LogP contribution is -2.52. The number of nitrogens with zero attached hydrogens (tertiary/aromatic N) is 1. The number of morpholine rings is 1. The lowest BCUT2D eigenvalue weighted by molar-refractivity contribution is -0.146. The Morgan fingerprint density at radius 1 is 1.59 bits per heavy atom. The van der Waals surface area contributed by atoms with Gasteiger partial charge in [-0.1, -0.05) is 13.8 Å². The predicted molar refractivity (Wildman–Crippen MR) is 65.8 cm³/mol. The molecule has 1 amide bonds. The second-order valence-electron chi connectivity index (χ2n) is 4.89. The van der Waals surface area contributed by atoms with E-state index in [2.05, 4.69) is 19.2 Å². The lowest BCUT2D eigenvalue weighted by atomic mass is 10.2. The van der Waals surface area contributed by atoms with Gasteiger partial charge in [-0.3, -0.25) is 4.79 Å². The minimum atomic E-state index is -0.229. The zero-order valence-corrected chi connectivity index (χ0v) is 11.0. The summed E-state index contributed by atoms with van der Waals surface area (Å²) in [6.07, 6.45) is 0.272. The summed E-state index contributed by atoms with van der Waals surface area (Å²) >= 11 is 0. The fourth-order valence-corrected chi connectivity index (χ4v) is 1.89. The molecule has 17 heavy (non-hydrogen) atoms. The number of aliphatic hydroxyl groups excluding tert-OH is 1. The van der Waals surface area contributed by atoms with E-state index in [1.54, 1.807) is 0 Å². The maximum Gasteiger partial charge on any atom is 0.224 e. The van der Waals surface area contributed by atoms with E-state index in [1.807, 2.05) is 11.8 Å². The number of aliphatic hydroxyl groups is 1. The third-order valence-corrected chi connectivity index (χ3v) is 2.92. The van der Waals surface area contributed by atoms with E-state index in [1.165, 1.54) is 0 Å². The zero-order valence-electron chi connectivity index (χ0n) is 11.0. The minimum Gasteiger partial charge on any atom is -0.394 e. The van der Waals surface area contributed by atoms with Crippen LogP contribution >= 0.6 is 0 Å². The van der Waals surface area contributed by atoms with Crippen LogP contribution < -0.4 is 5.32 Å². The number of amides is 1. The molecule has 0 aromatic carbocycles. The normalized spacial score (nSPS) is 25.4. The summed E-state index contributed by atoms with van der Waals surface area (Å²) in [7, 11) is 0. The Morgan fingerprint density at radius 3 is 2.88 bits per heavy atom. The average molecular weight is 244 g/mol. The van der Waals surface area contributed by atoms with Gasteiger partial charge in [0.25, 0.3) is 0 Å². The van der Waals surface area contributed by atoms with E-state index in [-0.39, 0.29) is 24.7 Å². The van der Waals surface area contributed by atoms with Crippen molar-refractivity contribution in [1.82, 2.24) is 10.2 Å². The number of ether oxygens (including phenoxy) is 1. The Morgan fingerprint density at radius 2 is 2.29 bits per heavy atom. The summed E-state index contributed by atoms with van der Waals surface area (Å²) in [5.41, 5.74) is 0. The Labute approximate surface area is 103 Å². The van der Waals surface area contributed by atoms with Crippen molar-refractivity contribution in [2.75, 3.05) is 26.3 Å². The summed E-state index contributed by atoms with van der Waals surface area (Å²) in [6.45, 7) is 7.77. The summed E-state index contributed by atoms with van der Waals surface area (Å²) < 4.78 is 5.40. The molecular weight excluding hydrogens is 220 g/mol. The van der Waals surface area contributed by atoms with Crippen LogP contribution in [0.3, 0.4) is 0 Å². The molecule has 1 rings (SSSR count). The first-order chi connectivity index (χ1) is 8.04. The van der Waals surface area contributed by atoms with Crippen LogP contribution in [0.25, 0.3) is 0 Å². The molecule has 0 radical (unpaired) electrons. The summed E-state index contributed by atoms with van der Waals surface area (Å²) in [5, 5.41) is 12.3. The van der Waals surface area contributed by atoms with Gasteiger partial charge in [-0.05, 0) is 6.92 Å². The molecule has 0 bridgehead atoms. The largest absolute Gasteiger partial charge is 0.394 e. The van der Waals surface area contributed by atoms with Crippen LogP contribution in [0.2, 0.25) is 0 Å². The van der Waals surface area contributed by atoms with E-state index in [0.29, 0.717) is 32.2 Å². The second-order valence-corrected chi connectivity index (χ2v) is 4.89. The van der Waals surface area contributed by atoms with Crippen molar-refractivity contribution in [2.45, 2.75) is 45.4 Å². The molecular formula is C12H24N2O3. The highest BCUT2D eigenvalue weighted by molar-refractivity contribution is 5.76. The smallest absolute Gasteiger partial charge is 0.224 e. The fourth-order valence-electron chi connectivity index (χ4n) is 1.89. The van der Waals surface area contributed by atoms with Crippen molar-refractivity contribution in [3.8, 4) is 0 Å². The number of hydrogen-bond acceptors (Lipinski definition) is 4. The number of carbonyl (C=O) groups is 1. The van der Waals surface area contributed by atoms with Gasteiger partial charge in [-0.25, -0.2) is 0 Å². The van der Waals surface area contributed by atoms with Crippen LogP contribution in [0.4, 0.5) is 0 Å². The highest BCUT2D eigenvalue weighted by atomic mass is 16.5. The van der Waals surface area contributed by atoms with E-state index in [4.69, 9.17) is 9.84 Å². The second kappa shape index (κ2) is 6.93. The Balaban J connectivity index is 2.37. The highest BCUT2D eigenvalue weighted by Gasteiger charge is 2.28. The molecule has 5 nitrogen and oxygen atoms in total. The number of hydrogen-bond donors (Lipinski definition) is 2. The van der Waals surface area contributed by atoms with E-state index < -0.39 is 0 Å². The molecule has 100 valence electrons. The molecule has 0 saturated carbocycles. The fraction of sp³-hybridized carbons (Fsp3) is 0.917. The van der Waals surface area contributed by atoms with Crippen molar-refractivity contribution < 1.29 is 14.6 Å². The monoisotopic (exact) mass is 244 g/mol. The van der Waals surface area contributed by atoms with E-state index >= 15 is 0 Å². The molecule has 2 N–H and O–H groups in total. The Bertz CT molecular complexity index is 246. The first-order valence-electron chi connectivity index (χ1n) is 6.30. The SMILES string of the molecule is CC(C)NCCC(=O)N1CC(CO)OCC1C. The van der Waals surface area contributed by atoms with Crippen LogP contribution in [-0.2, 0) is 9.53 Å². The zero-order chi connectivity index (χ0) is 12.8. The molecule has 0 aliphatic carbocycles. The van der Waals surface area contributed by atoms with Crippen molar-refractivity contribution >= 4 is 5.91 Å². The lowest BCUT2D eigenvalue weighted by Gasteiger charge is -2.37. The molecule has 2 unspecified atom stereocenters. The molecule has 0 spiro atoms. The predicted octanol–water partition coefficient (Wildman–Crippen LogP) is -0.0173. The Hall–Kier alpha value is -0.650. The van der Waals surface area contributed by atoms with Crippen LogP contribution in [0.15, 0.2) is 0 Å². The summed E-state index contributed by atoms with van der Waals surface area (Å²) in [6, 6.07) is 0.499. The van der Waals surface area contributed by atoms with Gasteiger partial charge in [0.15, 0.2) is 0 Å². The summed E-state index contributed by atoms with van der Waals surface area (Å²) in [4.78, 5) is 13.8. The van der Waals surface area contributed by atoms with Gasteiger partial charge in [0.1, 0.15) is 0 Å². The highest BCUT2D eigenvalue weighted by Crippen LogP contribution is 2.12. The molecule has 1 aliphatic rings. The third kappa shape index (κ3) is 4.61. The van der Waals surface area contributed by atoms with Crippen molar-refractivity contribution in [2.24, 2.45) is 0 Å². The number of carbonyl (C=O) groups excluding carboxylic acids is 1. The average Bonchev–Trinajstić information content (AvgIpc) is 2.29. The van der Waals surface area contributed by atoms with Gasteiger partial charge in [0.05, 0.1) is 25.4 Å². The van der Waals surface area contributed by atoms with Crippen molar-refractivity contribution in [1.29, 1.82) is 0 Å².